The summed E-state index contributed by atoms with van der Waals surface area (Å²) < 4.78 is 6.60. The van der Waals surface area contributed by atoms with E-state index < -0.39 is 0 Å². The Morgan fingerprint density at radius 1 is 0.367 bits per heavy atom. The monoisotopic (exact) mass is 624 g/mol. The van der Waals surface area contributed by atoms with Crippen LogP contribution < -0.4 is 0 Å². The second-order valence-electron chi connectivity index (χ2n) is 12.5. The molecule has 0 fully saturated rings. The molecule has 0 unspecified atom stereocenters. The number of hydrogen-bond acceptors (Lipinski definition) is 3. The Morgan fingerprint density at radius 3 is 1.88 bits per heavy atom. The number of hydrogen-bond donors (Lipinski definition) is 0. The number of nitrogens with zero attached hydrogens (tertiary/aromatic N) is 2. The third-order valence-corrected chi connectivity index (χ3v) is 9.62. The molecule has 0 saturated carbocycles. The number of para-hydroxylation sites is 3. The standard InChI is InChI=1S/C46H28N2O/c1-2-13-30(14-3-1)46-37-28-42-45(36-20-6-9-23-41(36)49-42)43(44(37)35-19-5-8-22-40(35)48-46)34-18-11-16-32(27-34)31-15-10-17-33(26-31)39-25-24-29-12-4-7-21-38(29)47-39/h1-28H. The minimum absolute atomic E-state index is 0.854. The van der Waals surface area contributed by atoms with Gasteiger partial charge in [0.25, 0.3) is 0 Å². The van der Waals surface area contributed by atoms with Crippen molar-refractivity contribution in [1.82, 2.24) is 9.97 Å². The summed E-state index contributed by atoms with van der Waals surface area (Å²) in [5.41, 5.74) is 12.3. The highest BCUT2D eigenvalue weighted by Crippen LogP contribution is 2.46. The molecule has 3 aromatic heterocycles. The van der Waals surface area contributed by atoms with Crippen molar-refractivity contribution < 1.29 is 4.42 Å². The lowest BCUT2D eigenvalue weighted by Crippen LogP contribution is -1.93. The van der Waals surface area contributed by atoms with E-state index in [2.05, 4.69) is 152 Å². The number of aromatic nitrogens is 2. The van der Waals surface area contributed by atoms with Crippen LogP contribution in [0.5, 0.6) is 0 Å². The topological polar surface area (TPSA) is 38.9 Å². The lowest BCUT2D eigenvalue weighted by Gasteiger charge is -2.16. The van der Waals surface area contributed by atoms with Gasteiger partial charge in [-0.25, -0.2) is 9.97 Å². The molecule has 0 aliphatic heterocycles. The van der Waals surface area contributed by atoms with E-state index in [0.29, 0.717) is 0 Å². The normalized spacial score (nSPS) is 11.7. The lowest BCUT2D eigenvalue weighted by atomic mass is 9.88. The molecule has 0 N–H and O–H groups in total. The number of pyridine rings is 2. The summed E-state index contributed by atoms with van der Waals surface area (Å²) in [6.07, 6.45) is 0. The SMILES string of the molecule is c1ccc(-c2nc3ccccc3c3c(-c4cccc(-c5cccc(-c6ccc7ccccc7n6)c5)c4)c4c(cc23)oc2ccccc24)cc1. The van der Waals surface area contributed by atoms with Crippen LogP contribution in [-0.4, -0.2) is 9.97 Å². The highest BCUT2D eigenvalue weighted by atomic mass is 16.3. The van der Waals surface area contributed by atoms with Gasteiger partial charge in [0, 0.05) is 49.0 Å². The van der Waals surface area contributed by atoms with Crippen molar-refractivity contribution in [3.8, 4) is 44.8 Å². The number of furan rings is 1. The van der Waals surface area contributed by atoms with Crippen LogP contribution in [0.15, 0.2) is 174 Å². The molecule has 3 nitrogen and oxygen atoms in total. The van der Waals surface area contributed by atoms with Crippen molar-refractivity contribution in [2.24, 2.45) is 0 Å². The molecule has 0 radical (unpaired) electrons. The van der Waals surface area contributed by atoms with Crippen LogP contribution in [-0.2, 0) is 0 Å². The maximum Gasteiger partial charge on any atom is 0.136 e. The minimum Gasteiger partial charge on any atom is -0.456 e. The van der Waals surface area contributed by atoms with Crippen LogP contribution in [0.25, 0.3) is 99.3 Å². The summed E-state index contributed by atoms with van der Waals surface area (Å²) >= 11 is 0. The van der Waals surface area contributed by atoms with Crippen molar-refractivity contribution in [3.05, 3.63) is 170 Å². The van der Waals surface area contributed by atoms with Gasteiger partial charge in [-0.05, 0) is 59.2 Å². The predicted molar refractivity (Wildman–Crippen MR) is 204 cm³/mol. The third kappa shape index (κ3) is 4.51. The molecule has 49 heavy (non-hydrogen) atoms. The molecule has 3 heteroatoms. The highest BCUT2D eigenvalue weighted by Gasteiger charge is 2.21. The van der Waals surface area contributed by atoms with E-state index in [4.69, 9.17) is 14.4 Å². The molecule has 0 amide bonds. The molecule has 228 valence electrons. The third-order valence-electron chi connectivity index (χ3n) is 9.62. The average molecular weight is 625 g/mol. The fraction of sp³-hybridized carbons (Fsp3) is 0. The molecule has 0 saturated heterocycles. The second kappa shape index (κ2) is 11.0. The van der Waals surface area contributed by atoms with E-state index in [1.807, 2.05) is 18.2 Å². The van der Waals surface area contributed by atoms with Gasteiger partial charge in [-0.1, -0.05) is 127 Å². The van der Waals surface area contributed by atoms with Crippen LogP contribution in [0, 0.1) is 0 Å². The van der Waals surface area contributed by atoms with Crippen molar-refractivity contribution in [2.75, 3.05) is 0 Å². The van der Waals surface area contributed by atoms with Crippen molar-refractivity contribution in [3.63, 3.8) is 0 Å². The second-order valence-corrected chi connectivity index (χ2v) is 12.5. The maximum absolute atomic E-state index is 6.60. The first kappa shape index (κ1) is 27.5. The first-order valence-electron chi connectivity index (χ1n) is 16.6. The Labute approximate surface area is 282 Å². The summed E-state index contributed by atoms with van der Waals surface area (Å²) in [6.45, 7) is 0. The molecule has 10 aromatic rings. The first-order chi connectivity index (χ1) is 24.3. The highest BCUT2D eigenvalue weighted by molar-refractivity contribution is 6.27. The van der Waals surface area contributed by atoms with E-state index in [9.17, 15) is 0 Å². The van der Waals surface area contributed by atoms with Crippen LogP contribution in [0.3, 0.4) is 0 Å². The molecular formula is C46H28N2O. The van der Waals surface area contributed by atoms with Gasteiger partial charge in [-0.2, -0.15) is 0 Å². The summed E-state index contributed by atoms with van der Waals surface area (Å²) in [7, 11) is 0. The van der Waals surface area contributed by atoms with Crippen molar-refractivity contribution >= 4 is 54.5 Å². The van der Waals surface area contributed by atoms with E-state index in [0.717, 1.165) is 93.9 Å². The zero-order chi connectivity index (χ0) is 32.3. The summed E-state index contributed by atoms with van der Waals surface area (Å²) in [5, 5.41) is 6.72. The van der Waals surface area contributed by atoms with E-state index >= 15 is 0 Å². The first-order valence-corrected chi connectivity index (χ1v) is 16.6. The largest absolute Gasteiger partial charge is 0.456 e. The van der Waals surface area contributed by atoms with Gasteiger partial charge >= 0.3 is 0 Å². The van der Waals surface area contributed by atoms with Crippen LogP contribution >= 0.6 is 0 Å². The number of rotatable bonds is 4. The fourth-order valence-electron chi connectivity index (χ4n) is 7.36. The Kier molecular flexibility index (Phi) is 6.18. The fourth-order valence-corrected chi connectivity index (χ4v) is 7.36. The quantitative estimate of drug-likeness (QED) is 0.183. The summed E-state index contributed by atoms with van der Waals surface area (Å²) in [6, 6.07) is 59.6. The van der Waals surface area contributed by atoms with Gasteiger partial charge in [0.1, 0.15) is 11.2 Å². The molecule has 0 atom stereocenters. The van der Waals surface area contributed by atoms with Crippen LogP contribution in [0.2, 0.25) is 0 Å². The predicted octanol–water partition coefficient (Wildman–Crippen LogP) is 12.5. The zero-order valence-electron chi connectivity index (χ0n) is 26.5. The molecular weight excluding hydrogens is 597 g/mol. The molecule has 0 aliphatic rings. The molecule has 0 aliphatic carbocycles. The average Bonchev–Trinajstić information content (AvgIpc) is 3.55. The summed E-state index contributed by atoms with van der Waals surface area (Å²) in [5.74, 6) is 0. The Bertz CT molecular complexity index is 2890. The summed E-state index contributed by atoms with van der Waals surface area (Å²) in [4.78, 5) is 10.2. The number of benzene rings is 7. The van der Waals surface area contributed by atoms with Crippen LogP contribution in [0.1, 0.15) is 0 Å². The molecule has 0 spiro atoms. The Balaban J connectivity index is 1.25. The van der Waals surface area contributed by atoms with Crippen molar-refractivity contribution in [1.29, 1.82) is 0 Å². The van der Waals surface area contributed by atoms with Gasteiger partial charge in [0.15, 0.2) is 0 Å². The number of fused-ring (bicyclic) bond motifs is 7. The van der Waals surface area contributed by atoms with E-state index in [1.165, 1.54) is 5.39 Å². The van der Waals surface area contributed by atoms with Crippen molar-refractivity contribution in [2.45, 2.75) is 0 Å². The van der Waals surface area contributed by atoms with Gasteiger partial charge in [-0.3, -0.25) is 0 Å². The van der Waals surface area contributed by atoms with Gasteiger partial charge in [0.05, 0.1) is 22.4 Å². The van der Waals surface area contributed by atoms with Gasteiger partial charge < -0.3 is 4.42 Å². The molecule has 3 heterocycles. The molecule has 0 bridgehead atoms. The maximum atomic E-state index is 6.60. The Hall–Kier alpha value is -6.58. The molecule has 7 aromatic carbocycles. The zero-order valence-corrected chi connectivity index (χ0v) is 26.5. The van der Waals surface area contributed by atoms with Gasteiger partial charge in [-0.15, -0.1) is 0 Å². The van der Waals surface area contributed by atoms with E-state index in [1.54, 1.807) is 0 Å². The van der Waals surface area contributed by atoms with Gasteiger partial charge in [0.2, 0.25) is 0 Å². The minimum atomic E-state index is 0.854. The van der Waals surface area contributed by atoms with Crippen LogP contribution in [0.4, 0.5) is 0 Å². The lowest BCUT2D eigenvalue weighted by molar-refractivity contribution is 0.669. The smallest absolute Gasteiger partial charge is 0.136 e. The van der Waals surface area contributed by atoms with E-state index in [-0.39, 0.29) is 0 Å². The molecule has 10 rings (SSSR count). The Morgan fingerprint density at radius 2 is 1.02 bits per heavy atom.